The number of hydrogen-bond donors (Lipinski definition) is 0. The van der Waals surface area contributed by atoms with E-state index >= 15 is 0 Å². The molecule has 0 N–H and O–H groups in total. The van der Waals surface area contributed by atoms with Crippen molar-refractivity contribution in [2.45, 2.75) is 5.41 Å². The van der Waals surface area contributed by atoms with Gasteiger partial charge in [-0.3, -0.25) is 0 Å². The Balaban J connectivity index is 1.18. The summed E-state index contributed by atoms with van der Waals surface area (Å²) in [5.74, 6) is 0. The average Bonchev–Trinajstić information content (AvgIpc) is 3.69. The lowest BCUT2D eigenvalue weighted by molar-refractivity contribution is 0.746. The van der Waals surface area contributed by atoms with E-state index in [2.05, 4.69) is 205 Å². The molecule has 8 aromatic carbocycles. The molecular weight excluding hydrogens is 603 g/mol. The second-order valence-corrected chi connectivity index (χ2v) is 13.3. The summed E-state index contributed by atoms with van der Waals surface area (Å²) < 4.78 is 0. The van der Waals surface area contributed by atoms with Crippen LogP contribution >= 0.6 is 0 Å². The van der Waals surface area contributed by atoms with Gasteiger partial charge in [-0.25, -0.2) is 0 Å². The number of fused-ring (bicyclic) bond motifs is 8. The van der Waals surface area contributed by atoms with E-state index in [1.54, 1.807) is 0 Å². The lowest BCUT2D eigenvalue weighted by Gasteiger charge is -2.39. The van der Waals surface area contributed by atoms with Gasteiger partial charge in [0.1, 0.15) is 0 Å². The summed E-state index contributed by atoms with van der Waals surface area (Å²) in [7, 11) is 0. The molecule has 50 heavy (non-hydrogen) atoms. The fourth-order valence-corrected chi connectivity index (χ4v) is 8.42. The van der Waals surface area contributed by atoms with Crippen molar-refractivity contribution in [1.82, 2.24) is 0 Å². The Labute approximate surface area is 293 Å². The molecule has 234 valence electrons. The van der Waals surface area contributed by atoms with Crippen molar-refractivity contribution in [3.05, 3.63) is 222 Å². The molecule has 0 atom stereocenters. The second-order valence-electron chi connectivity index (χ2n) is 13.3. The highest BCUT2D eigenvalue weighted by molar-refractivity contribution is 5.95. The zero-order chi connectivity index (χ0) is 33.1. The molecule has 1 spiro atoms. The van der Waals surface area contributed by atoms with Crippen molar-refractivity contribution in [2.24, 2.45) is 0 Å². The molecule has 0 bridgehead atoms. The summed E-state index contributed by atoms with van der Waals surface area (Å²) >= 11 is 0. The topological polar surface area (TPSA) is 3.24 Å². The number of nitrogens with zero attached hydrogens (tertiary/aromatic N) is 1. The largest absolute Gasteiger partial charge is 0.313 e. The Kier molecular flexibility index (Phi) is 6.47. The maximum atomic E-state index is 2.50. The molecule has 1 nitrogen and oxygen atoms in total. The number of rotatable bonds is 5. The fraction of sp³-hybridized carbons (Fsp3) is 0.0204. The standard InChI is InChI=1S/C49H33N/c1-2-12-34(13-3-1)36-24-28-41(29-25-36)50(42-30-26-37(27-31-42)39-23-22-35-14-4-5-15-38(35)32-39)48-33-40-16-6-9-19-45(40)49(48)46-20-10-7-17-43(46)44-18-8-11-21-47(44)49/h1-33H. The molecule has 2 aliphatic rings. The lowest BCUT2D eigenvalue weighted by atomic mass is 9.71. The number of allylic oxidation sites excluding steroid dienone is 1. The first kappa shape index (κ1) is 28.6. The van der Waals surface area contributed by atoms with Crippen molar-refractivity contribution in [3.8, 4) is 33.4 Å². The molecule has 2 aliphatic carbocycles. The highest BCUT2D eigenvalue weighted by atomic mass is 15.2. The molecule has 0 aromatic heterocycles. The van der Waals surface area contributed by atoms with Crippen LogP contribution in [-0.4, -0.2) is 0 Å². The van der Waals surface area contributed by atoms with Gasteiger partial charge in [0.05, 0.1) is 5.41 Å². The minimum absolute atomic E-state index is 0.473. The summed E-state index contributed by atoms with van der Waals surface area (Å²) in [4.78, 5) is 2.50. The first-order chi connectivity index (χ1) is 24.8. The molecule has 0 saturated heterocycles. The third-order valence-electron chi connectivity index (χ3n) is 10.7. The quantitative estimate of drug-likeness (QED) is 0.182. The minimum atomic E-state index is -0.473. The van der Waals surface area contributed by atoms with Crippen LogP contribution in [0.4, 0.5) is 11.4 Å². The minimum Gasteiger partial charge on any atom is -0.313 e. The summed E-state index contributed by atoms with van der Waals surface area (Å²) in [5, 5.41) is 2.51. The Morgan fingerprint density at radius 1 is 0.340 bits per heavy atom. The van der Waals surface area contributed by atoms with Crippen LogP contribution in [-0.2, 0) is 5.41 Å². The maximum absolute atomic E-state index is 2.50. The van der Waals surface area contributed by atoms with Crippen LogP contribution in [0, 0.1) is 0 Å². The van der Waals surface area contributed by atoms with Gasteiger partial charge in [-0.15, -0.1) is 0 Å². The highest BCUT2D eigenvalue weighted by Gasteiger charge is 2.52. The van der Waals surface area contributed by atoms with Crippen LogP contribution in [0.5, 0.6) is 0 Å². The summed E-state index contributed by atoms with van der Waals surface area (Å²) in [5.41, 5.74) is 15.7. The van der Waals surface area contributed by atoms with Gasteiger partial charge < -0.3 is 4.90 Å². The average molecular weight is 636 g/mol. The van der Waals surface area contributed by atoms with E-state index in [-0.39, 0.29) is 0 Å². The molecule has 1 heteroatoms. The summed E-state index contributed by atoms with van der Waals surface area (Å²) in [6, 6.07) is 71.1. The van der Waals surface area contributed by atoms with Crippen molar-refractivity contribution < 1.29 is 0 Å². The van der Waals surface area contributed by atoms with Gasteiger partial charge >= 0.3 is 0 Å². The van der Waals surface area contributed by atoms with E-state index in [1.807, 2.05) is 0 Å². The van der Waals surface area contributed by atoms with Gasteiger partial charge in [0.2, 0.25) is 0 Å². The predicted molar refractivity (Wildman–Crippen MR) is 210 cm³/mol. The van der Waals surface area contributed by atoms with E-state index in [9.17, 15) is 0 Å². The van der Waals surface area contributed by atoms with Crippen LogP contribution in [0.2, 0.25) is 0 Å². The zero-order valence-electron chi connectivity index (χ0n) is 27.5. The molecule has 0 saturated carbocycles. The van der Waals surface area contributed by atoms with Gasteiger partial charge in [0.25, 0.3) is 0 Å². The van der Waals surface area contributed by atoms with E-state index in [0.717, 1.165) is 11.4 Å². The second kappa shape index (κ2) is 11.3. The number of benzene rings is 8. The Bertz CT molecular complexity index is 2530. The smallest absolute Gasteiger partial charge is 0.0875 e. The van der Waals surface area contributed by atoms with E-state index in [1.165, 1.54) is 72.1 Å². The van der Waals surface area contributed by atoms with Crippen LogP contribution in [0.1, 0.15) is 22.3 Å². The normalized spacial score (nSPS) is 13.5. The molecule has 0 fully saturated rings. The van der Waals surface area contributed by atoms with E-state index in [0.29, 0.717) is 0 Å². The van der Waals surface area contributed by atoms with Gasteiger partial charge in [-0.1, -0.05) is 164 Å². The van der Waals surface area contributed by atoms with Crippen molar-refractivity contribution in [1.29, 1.82) is 0 Å². The summed E-state index contributed by atoms with van der Waals surface area (Å²) in [6.45, 7) is 0. The third kappa shape index (κ3) is 4.27. The Hall–Kier alpha value is -6.44. The lowest BCUT2D eigenvalue weighted by Crippen LogP contribution is -2.35. The first-order valence-electron chi connectivity index (χ1n) is 17.3. The van der Waals surface area contributed by atoms with Crippen molar-refractivity contribution >= 4 is 28.2 Å². The van der Waals surface area contributed by atoms with Crippen LogP contribution < -0.4 is 4.90 Å². The zero-order valence-corrected chi connectivity index (χ0v) is 27.5. The predicted octanol–water partition coefficient (Wildman–Crippen LogP) is 12.7. The van der Waals surface area contributed by atoms with Crippen LogP contribution in [0.15, 0.2) is 200 Å². The number of hydrogen-bond acceptors (Lipinski definition) is 1. The monoisotopic (exact) mass is 635 g/mol. The fourth-order valence-electron chi connectivity index (χ4n) is 8.42. The van der Waals surface area contributed by atoms with Gasteiger partial charge in [-0.05, 0) is 103 Å². The van der Waals surface area contributed by atoms with Crippen molar-refractivity contribution in [3.63, 3.8) is 0 Å². The molecule has 0 unspecified atom stereocenters. The highest BCUT2D eigenvalue weighted by Crippen LogP contribution is 2.61. The number of anilines is 2. The molecular formula is C49H33N. The van der Waals surface area contributed by atoms with Crippen LogP contribution in [0.3, 0.4) is 0 Å². The van der Waals surface area contributed by atoms with Gasteiger partial charge in [0, 0.05) is 17.1 Å². The van der Waals surface area contributed by atoms with Crippen molar-refractivity contribution in [2.75, 3.05) is 4.90 Å². The summed E-state index contributed by atoms with van der Waals surface area (Å²) in [6.07, 6.45) is 2.43. The van der Waals surface area contributed by atoms with E-state index in [4.69, 9.17) is 0 Å². The SMILES string of the molecule is C1=C(N(c2ccc(-c3ccccc3)cc2)c2ccc(-c3ccc4ccccc4c3)cc2)C2(c3ccccc31)c1ccccc1-c1ccccc12. The molecule has 10 rings (SSSR count). The Morgan fingerprint density at radius 3 is 1.48 bits per heavy atom. The first-order valence-corrected chi connectivity index (χ1v) is 17.3. The molecule has 0 radical (unpaired) electrons. The maximum Gasteiger partial charge on any atom is 0.0875 e. The van der Waals surface area contributed by atoms with Gasteiger partial charge in [-0.2, -0.15) is 0 Å². The molecule has 0 heterocycles. The van der Waals surface area contributed by atoms with E-state index < -0.39 is 5.41 Å². The third-order valence-corrected chi connectivity index (χ3v) is 10.7. The van der Waals surface area contributed by atoms with Gasteiger partial charge in [0.15, 0.2) is 0 Å². The molecule has 0 amide bonds. The Morgan fingerprint density at radius 2 is 0.820 bits per heavy atom. The molecule has 0 aliphatic heterocycles. The van der Waals surface area contributed by atoms with Crippen LogP contribution in [0.25, 0.3) is 50.2 Å². The molecule has 8 aromatic rings.